The Balaban J connectivity index is 0.00000108. The first-order valence-corrected chi connectivity index (χ1v) is 8.28. The maximum Gasteiger partial charge on any atom is 0.123 e. The van der Waals surface area contributed by atoms with E-state index in [0.717, 1.165) is 36.0 Å². The number of aldehydes is 1. The Bertz CT molecular complexity index is 454. The Kier molecular flexibility index (Phi) is 8.54. The first-order valence-electron chi connectivity index (χ1n) is 8.28. The largest absolute Gasteiger partial charge is 0.507 e. The van der Waals surface area contributed by atoms with Gasteiger partial charge in [0, 0.05) is 20.1 Å². The number of carbonyl (C=O) groups excluding carboxylic acids is 1. The molecule has 0 atom stereocenters. The standard InChI is InChI=1S/C17H26O2.C3H8O/c1-16(2,3)13-10-12(8-7-9-18)11-14(15(13)19)17(4,5)6;1-3-4-2/h9-11,19H,7-8H2,1-6H3;3H2,1-2H3. The van der Waals surface area contributed by atoms with Crippen LogP contribution in [0.4, 0.5) is 0 Å². The summed E-state index contributed by atoms with van der Waals surface area (Å²) < 4.78 is 4.54. The van der Waals surface area contributed by atoms with Crippen LogP contribution in [0.25, 0.3) is 0 Å². The lowest BCUT2D eigenvalue weighted by Crippen LogP contribution is -2.18. The molecular formula is C20H34O3. The molecule has 0 saturated heterocycles. The predicted molar refractivity (Wildman–Crippen MR) is 97.4 cm³/mol. The van der Waals surface area contributed by atoms with E-state index in [-0.39, 0.29) is 10.8 Å². The molecule has 3 heteroatoms. The van der Waals surface area contributed by atoms with Gasteiger partial charge in [0.2, 0.25) is 0 Å². The third kappa shape index (κ3) is 7.17. The van der Waals surface area contributed by atoms with Crippen molar-refractivity contribution in [3.63, 3.8) is 0 Å². The highest BCUT2D eigenvalue weighted by atomic mass is 16.5. The van der Waals surface area contributed by atoms with Crippen molar-refractivity contribution in [3.05, 3.63) is 28.8 Å². The second kappa shape index (κ2) is 9.07. The van der Waals surface area contributed by atoms with Crippen LogP contribution in [0.2, 0.25) is 0 Å². The van der Waals surface area contributed by atoms with Crippen LogP contribution in [0.1, 0.15) is 71.6 Å². The van der Waals surface area contributed by atoms with E-state index in [4.69, 9.17) is 0 Å². The lowest BCUT2D eigenvalue weighted by atomic mass is 9.78. The summed E-state index contributed by atoms with van der Waals surface area (Å²) in [6, 6.07) is 4.07. The summed E-state index contributed by atoms with van der Waals surface area (Å²) in [5, 5.41) is 10.5. The zero-order valence-electron chi connectivity index (χ0n) is 16.1. The number of rotatable bonds is 4. The van der Waals surface area contributed by atoms with E-state index in [1.54, 1.807) is 7.11 Å². The summed E-state index contributed by atoms with van der Waals surface area (Å²) in [6.07, 6.45) is 2.20. The van der Waals surface area contributed by atoms with E-state index >= 15 is 0 Å². The molecule has 23 heavy (non-hydrogen) atoms. The fourth-order valence-corrected chi connectivity index (χ4v) is 2.21. The number of aryl methyl sites for hydroxylation is 1. The highest BCUT2D eigenvalue weighted by molar-refractivity contribution is 5.53. The number of benzene rings is 1. The molecule has 0 unspecified atom stereocenters. The number of hydrogen-bond acceptors (Lipinski definition) is 3. The molecule has 1 N–H and O–H groups in total. The maximum atomic E-state index is 10.6. The molecule has 0 bridgehead atoms. The normalized spacial score (nSPS) is 11.7. The Morgan fingerprint density at radius 2 is 1.43 bits per heavy atom. The zero-order chi connectivity index (χ0) is 18.3. The second-order valence-electron chi connectivity index (χ2n) is 7.82. The monoisotopic (exact) mass is 322 g/mol. The minimum Gasteiger partial charge on any atom is -0.507 e. The first-order chi connectivity index (χ1) is 10.5. The van der Waals surface area contributed by atoms with Crippen molar-refractivity contribution in [2.24, 2.45) is 0 Å². The average molecular weight is 322 g/mol. The topological polar surface area (TPSA) is 46.5 Å². The van der Waals surface area contributed by atoms with Gasteiger partial charge in [0.05, 0.1) is 0 Å². The van der Waals surface area contributed by atoms with E-state index in [0.29, 0.717) is 12.2 Å². The van der Waals surface area contributed by atoms with Crippen LogP contribution < -0.4 is 0 Å². The molecule has 0 amide bonds. The maximum absolute atomic E-state index is 10.6. The third-order valence-corrected chi connectivity index (χ3v) is 3.63. The van der Waals surface area contributed by atoms with Gasteiger partial charge in [-0.25, -0.2) is 0 Å². The molecular weight excluding hydrogens is 288 g/mol. The van der Waals surface area contributed by atoms with Gasteiger partial charge in [-0.15, -0.1) is 0 Å². The molecule has 0 aromatic heterocycles. The number of carbonyl (C=O) groups is 1. The summed E-state index contributed by atoms with van der Waals surface area (Å²) in [4.78, 5) is 10.6. The van der Waals surface area contributed by atoms with Crippen LogP contribution in [-0.2, 0) is 26.8 Å². The molecule has 0 heterocycles. The number of hydrogen-bond donors (Lipinski definition) is 1. The number of aromatic hydroxyl groups is 1. The van der Waals surface area contributed by atoms with Gasteiger partial charge >= 0.3 is 0 Å². The quantitative estimate of drug-likeness (QED) is 0.812. The summed E-state index contributed by atoms with van der Waals surface area (Å²) >= 11 is 0. The van der Waals surface area contributed by atoms with Crippen molar-refractivity contribution in [2.45, 2.75) is 72.1 Å². The van der Waals surface area contributed by atoms with Gasteiger partial charge in [0.1, 0.15) is 12.0 Å². The van der Waals surface area contributed by atoms with Crippen LogP contribution in [0.15, 0.2) is 12.1 Å². The summed E-state index contributed by atoms with van der Waals surface area (Å²) in [6.45, 7) is 15.3. The number of ether oxygens (including phenoxy) is 1. The van der Waals surface area contributed by atoms with Crippen molar-refractivity contribution in [3.8, 4) is 5.75 Å². The van der Waals surface area contributed by atoms with Gasteiger partial charge in [-0.05, 0) is 40.9 Å². The molecule has 0 radical (unpaired) electrons. The van der Waals surface area contributed by atoms with Gasteiger partial charge in [-0.3, -0.25) is 0 Å². The molecule has 132 valence electrons. The Hall–Kier alpha value is -1.35. The van der Waals surface area contributed by atoms with E-state index in [2.05, 4.69) is 46.3 Å². The fraction of sp³-hybridized carbons (Fsp3) is 0.650. The molecule has 1 aromatic rings. The fourth-order valence-electron chi connectivity index (χ4n) is 2.21. The van der Waals surface area contributed by atoms with Crippen molar-refractivity contribution >= 4 is 6.29 Å². The minimum atomic E-state index is -0.110. The lowest BCUT2D eigenvalue weighted by Gasteiger charge is -2.28. The molecule has 3 nitrogen and oxygen atoms in total. The van der Waals surface area contributed by atoms with Crippen LogP contribution in [0.5, 0.6) is 5.75 Å². The zero-order valence-corrected chi connectivity index (χ0v) is 16.1. The van der Waals surface area contributed by atoms with Crippen LogP contribution >= 0.6 is 0 Å². The van der Waals surface area contributed by atoms with Crippen molar-refractivity contribution in [1.82, 2.24) is 0 Å². The van der Waals surface area contributed by atoms with Gasteiger partial charge in [-0.2, -0.15) is 0 Å². The molecule has 0 aliphatic rings. The SMILES string of the molecule is CC(C)(C)c1cc(CCC=O)cc(C(C)(C)C)c1O.CCOC. The molecule has 0 fully saturated rings. The molecule has 1 rings (SSSR count). The Labute approximate surface area is 142 Å². The van der Waals surface area contributed by atoms with Crippen LogP contribution in [0, 0.1) is 0 Å². The molecule has 0 aliphatic carbocycles. The predicted octanol–water partition coefficient (Wildman–Crippen LogP) is 4.77. The summed E-state index contributed by atoms with van der Waals surface area (Å²) in [7, 11) is 1.68. The number of phenols is 1. The highest BCUT2D eigenvalue weighted by Crippen LogP contribution is 2.39. The van der Waals surface area contributed by atoms with E-state index in [1.807, 2.05) is 19.1 Å². The molecule has 1 aromatic carbocycles. The molecule has 0 saturated carbocycles. The summed E-state index contributed by atoms with van der Waals surface area (Å²) in [5.74, 6) is 0.398. The second-order valence-corrected chi connectivity index (χ2v) is 7.82. The van der Waals surface area contributed by atoms with Gasteiger partial charge in [0.25, 0.3) is 0 Å². The Morgan fingerprint density at radius 3 is 1.70 bits per heavy atom. The Morgan fingerprint density at radius 1 is 1.04 bits per heavy atom. The van der Waals surface area contributed by atoms with Gasteiger partial charge in [0.15, 0.2) is 0 Å². The number of phenolic OH excluding ortho intramolecular Hbond substituents is 1. The number of methoxy groups -OCH3 is 1. The molecule has 0 aliphatic heterocycles. The average Bonchev–Trinajstić information content (AvgIpc) is 2.44. The van der Waals surface area contributed by atoms with E-state index in [1.165, 1.54) is 0 Å². The molecule has 0 spiro atoms. The highest BCUT2D eigenvalue weighted by Gasteiger charge is 2.26. The van der Waals surface area contributed by atoms with Crippen LogP contribution in [-0.4, -0.2) is 25.1 Å². The first kappa shape index (κ1) is 21.6. The van der Waals surface area contributed by atoms with E-state index in [9.17, 15) is 9.90 Å². The van der Waals surface area contributed by atoms with Gasteiger partial charge in [-0.1, -0.05) is 53.7 Å². The minimum absolute atomic E-state index is 0.110. The van der Waals surface area contributed by atoms with Crippen molar-refractivity contribution < 1.29 is 14.6 Å². The van der Waals surface area contributed by atoms with Crippen LogP contribution in [0.3, 0.4) is 0 Å². The van der Waals surface area contributed by atoms with Gasteiger partial charge < -0.3 is 14.6 Å². The smallest absolute Gasteiger partial charge is 0.123 e. The van der Waals surface area contributed by atoms with Crippen molar-refractivity contribution in [1.29, 1.82) is 0 Å². The lowest BCUT2D eigenvalue weighted by molar-refractivity contribution is -0.107. The van der Waals surface area contributed by atoms with E-state index < -0.39 is 0 Å². The third-order valence-electron chi connectivity index (χ3n) is 3.63. The summed E-state index contributed by atoms with van der Waals surface area (Å²) in [5.41, 5.74) is 2.82. The van der Waals surface area contributed by atoms with Crippen molar-refractivity contribution in [2.75, 3.05) is 13.7 Å².